The van der Waals surface area contributed by atoms with E-state index in [1.54, 1.807) is 0 Å². The summed E-state index contributed by atoms with van der Waals surface area (Å²) in [5, 5.41) is 5.73. The van der Waals surface area contributed by atoms with Crippen molar-refractivity contribution in [1.82, 2.24) is 5.32 Å². The minimum absolute atomic E-state index is 0.628. The molecular formula is C12H17NS. The largest absolute Gasteiger partial charge is 0.310 e. The molecule has 1 aliphatic rings. The molecule has 0 bridgehead atoms. The molecule has 0 spiro atoms. The van der Waals surface area contributed by atoms with Gasteiger partial charge in [-0.25, -0.2) is 0 Å². The smallest absolute Gasteiger partial charge is 0.0250 e. The summed E-state index contributed by atoms with van der Waals surface area (Å²) >= 11 is 1.85. The monoisotopic (exact) mass is 207 g/mol. The highest BCUT2D eigenvalue weighted by molar-refractivity contribution is 7.09. The van der Waals surface area contributed by atoms with Crippen molar-refractivity contribution in [3.8, 4) is 0 Å². The second-order valence-corrected chi connectivity index (χ2v) is 4.78. The van der Waals surface area contributed by atoms with E-state index in [9.17, 15) is 0 Å². The van der Waals surface area contributed by atoms with Gasteiger partial charge in [0.15, 0.2) is 0 Å². The maximum atomic E-state index is 3.58. The molecule has 1 aromatic heterocycles. The van der Waals surface area contributed by atoms with Gasteiger partial charge < -0.3 is 5.32 Å². The molecule has 76 valence electrons. The zero-order valence-electron chi connectivity index (χ0n) is 8.41. The van der Waals surface area contributed by atoms with Crippen LogP contribution in [0.15, 0.2) is 29.7 Å². The van der Waals surface area contributed by atoms with Crippen molar-refractivity contribution in [3.63, 3.8) is 0 Å². The predicted molar refractivity (Wildman–Crippen MR) is 62.8 cm³/mol. The fourth-order valence-corrected chi connectivity index (χ4v) is 2.53. The summed E-state index contributed by atoms with van der Waals surface area (Å²) in [4.78, 5) is 1.48. The first-order valence-electron chi connectivity index (χ1n) is 5.37. The molecular weight excluding hydrogens is 190 g/mol. The van der Waals surface area contributed by atoms with E-state index in [1.807, 2.05) is 11.3 Å². The molecule has 0 saturated heterocycles. The number of thiophene rings is 1. The molecule has 1 heterocycles. The van der Waals surface area contributed by atoms with E-state index >= 15 is 0 Å². The predicted octanol–water partition coefficient (Wildman–Crippen LogP) is 2.99. The van der Waals surface area contributed by atoms with E-state index in [0.29, 0.717) is 6.04 Å². The van der Waals surface area contributed by atoms with Gasteiger partial charge in [-0.3, -0.25) is 0 Å². The molecule has 1 aromatic rings. The standard InChI is InChI=1S/C12H17NS/c1-2-5-11(6-3-1)13-9-8-12-7-4-10-14-12/h2,4-5,7,10-11,13H,1,3,6,8-9H2. The van der Waals surface area contributed by atoms with Crippen molar-refractivity contribution >= 4 is 11.3 Å². The first kappa shape index (κ1) is 9.94. The van der Waals surface area contributed by atoms with Gasteiger partial charge in [-0.05, 0) is 37.1 Å². The van der Waals surface area contributed by atoms with Crippen molar-refractivity contribution in [2.45, 2.75) is 31.7 Å². The fourth-order valence-electron chi connectivity index (χ4n) is 1.82. The Morgan fingerprint density at radius 1 is 1.50 bits per heavy atom. The van der Waals surface area contributed by atoms with Crippen molar-refractivity contribution in [3.05, 3.63) is 34.5 Å². The lowest BCUT2D eigenvalue weighted by atomic mass is 10.0. The van der Waals surface area contributed by atoms with Crippen LogP contribution in [0.4, 0.5) is 0 Å². The van der Waals surface area contributed by atoms with Gasteiger partial charge in [-0.2, -0.15) is 0 Å². The molecule has 1 nitrogen and oxygen atoms in total. The molecule has 0 amide bonds. The lowest BCUT2D eigenvalue weighted by Gasteiger charge is -2.17. The van der Waals surface area contributed by atoms with Crippen LogP contribution in [0.3, 0.4) is 0 Å². The van der Waals surface area contributed by atoms with Crippen LogP contribution in [-0.4, -0.2) is 12.6 Å². The van der Waals surface area contributed by atoms with Crippen LogP contribution in [0.1, 0.15) is 24.1 Å². The molecule has 2 heteroatoms. The Hall–Kier alpha value is -0.600. The van der Waals surface area contributed by atoms with Crippen LogP contribution in [0.2, 0.25) is 0 Å². The summed E-state index contributed by atoms with van der Waals surface area (Å²) in [5.74, 6) is 0. The third-order valence-electron chi connectivity index (χ3n) is 2.61. The average Bonchev–Trinajstić information content (AvgIpc) is 2.72. The highest BCUT2D eigenvalue weighted by Gasteiger charge is 2.06. The Morgan fingerprint density at radius 2 is 2.50 bits per heavy atom. The van der Waals surface area contributed by atoms with Crippen LogP contribution in [0.25, 0.3) is 0 Å². The summed E-state index contributed by atoms with van der Waals surface area (Å²) in [7, 11) is 0. The van der Waals surface area contributed by atoms with Crippen molar-refractivity contribution < 1.29 is 0 Å². The topological polar surface area (TPSA) is 12.0 Å². The van der Waals surface area contributed by atoms with Gasteiger partial charge in [0, 0.05) is 17.5 Å². The molecule has 0 saturated carbocycles. The minimum Gasteiger partial charge on any atom is -0.310 e. The highest BCUT2D eigenvalue weighted by Crippen LogP contribution is 2.11. The van der Waals surface area contributed by atoms with Gasteiger partial charge in [-0.15, -0.1) is 11.3 Å². The number of allylic oxidation sites excluding steroid dienone is 1. The van der Waals surface area contributed by atoms with Gasteiger partial charge in [-0.1, -0.05) is 18.2 Å². The maximum absolute atomic E-state index is 3.58. The van der Waals surface area contributed by atoms with Gasteiger partial charge in [0.1, 0.15) is 0 Å². The summed E-state index contributed by atoms with van der Waals surface area (Å²) in [5.41, 5.74) is 0. The Kier molecular flexibility index (Phi) is 3.78. The fraction of sp³-hybridized carbons (Fsp3) is 0.500. The molecule has 0 radical (unpaired) electrons. The van der Waals surface area contributed by atoms with Crippen molar-refractivity contribution in [2.75, 3.05) is 6.54 Å². The van der Waals surface area contributed by atoms with Crippen LogP contribution in [0, 0.1) is 0 Å². The van der Waals surface area contributed by atoms with E-state index in [0.717, 1.165) is 6.54 Å². The maximum Gasteiger partial charge on any atom is 0.0250 e. The first-order chi connectivity index (χ1) is 6.95. The summed E-state index contributed by atoms with van der Waals surface area (Å²) < 4.78 is 0. The summed E-state index contributed by atoms with van der Waals surface area (Å²) in [6.07, 6.45) is 9.70. The van der Waals surface area contributed by atoms with Crippen molar-refractivity contribution in [2.24, 2.45) is 0 Å². The number of hydrogen-bond donors (Lipinski definition) is 1. The van der Waals surface area contributed by atoms with Gasteiger partial charge in [0.25, 0.3) is 0 Å². The van der Waals surface area contributed by atoms with E-state index in [-0.39, 0.29) is 0 Å². The molecule has 0 aromatic carbocycles. The molecule has 0 fully saturated rings. The third kappa shape index (κ3) is 2.96. The summed E-state index contributed by atoms with van der Waals surface area (Å²) in [6.45, 7) is 1.11. The third-order valence-corrected chi connectivity index (χ3v) is 3.55. The Balaban J connectivity index is 1.67. The second kappa shape index (κ2) is 5.32. The van der Waals surface area contributed by atoms with E-state index in [2.05, 4.69) is 35.0 Å². The lowest BCUT2D eigenvalue weighted by Crippen LogP contribution is -2.30. The van der Waals surface area contributed by atoms with Crippen molar-refractivity contribution in [1.29, 1.82) is 0 Å². The number of rotatable bonds is 4. The normalized spacial score (nSPS) is 21.3. The quantitative estimate of drug-likeness (QED) is 0.748. The number of nitrogens with one attached hydrogen (secondary N) is 1. The summed E-state index contributed by atoms with van der Waals surface area (Å²) in [6, 6.07) is 4.97. The molecule has 1 N–H and O–H groups in total. The molecule has 1 atom stereocenters. The Morgan fingerprint density at radius 3 is 3.21 bits per heavy atom. The Bertz CT molecular complexity index is 277. The lowest BCUT2D eigenvalue weighted by molar-refractivity contribution is 0.526. The van der Waals surface area contributed by atoms with Gasteiger partial charge >= 0.3 is 0 Å². The molecule has 1 unspecified atom stereocenters. The van der Waals surface area contributed by atoms with Gasteiger partial charge in [0.2, 0.25) is 0 Å². The SMILES string of the molecule is C1=CC(NCCc2cccs2)CCC1. The second-order valence-electron chi connectivity index (χ2n) is 3.75. The average molecular weight is 207 g/mol. The number of hydrogen-bond acceptors (Lipinski definition) is 2. The van der Waals surface area contributed by atoms with Gasteiger partial charge in [0.05, 0.1) is 0 Å². The van der Waals surface area contributed by atoms with E-state index < -0.39 is 0 Å². The van der Waals surface area contributed by atoms with Crippen LogP contribution < -0.4 is 5.32 Å². The van der Waals surface area contributed by atoms with E-state index in [4.69, 9.17) is 0 Å². The van der Waals surface area contributed by atoms with Crippen LogP contribution >= 0.6 is 11.3 Å². The molecule has 1 aliphatic carbocycles. The Labute approximate surface area is 89.8 Å². The molecule has 0 aliphatic heterocycles. The zero-order valence-corrected chi connectivity index (χ0v) is 9.22. The van der Waals surface area contributed by atoms with Crippen LogP contribution in [0.5, 0.6) is 0 Å². The highest BCUT2D eigenvalue weighted by atomic mass is 32.1. The first-order valence-corrected chi connectivity index (χ1v) is 6.25. The molecule has 14 heavy (non-hydrogen) atoms. The molecule has 2 rings (SSSR count). The van der Waals surface area contributed by atoms with E-state index in [1.165, 1.54) is 30.6 Å². The minimum atomic E-state index is 0.628. The zero-order chi connectivity index (χ0) is 9.64. The van der Waals surface area contributed by atoms with Crippen LogP contribution in [-0.2, 0) is 6.42 Å².